The van der Waals surface area contributed by atoms with Crippen molar-refractivity contribution in [1.82, 2.24) is 39.1 Å². The largest absolute Gasteiger partial charge is 0.444 e. The third-order valence-electron chi connectivity index (χ3n) is 12.5. The van der Waals surface area contributed by atoms with Crippen LogP contribution in [0.25, 0.3) is 22.5 Å². The average Bonchev–Trinajstić information content (AvgIpc) is 3.65. The first kappa shape index (κ1) is 40.6. The topological polar surface area (TPSA) is 183 Å². The number of nitrogens with one attached hydrogen (secondary N) is 3. The van der Waals surface area contributed by atoms with E-state index in [1.54, 1.807) is 34.6 Å². The highest BCUT2D eigenvalue weighted by molar-refractivity contribution is 6.03. The molecule has 18 heteroatoms. The standard InChI is InChI=1S/C43H50F2N10O6/c1-52-35-17-25(8-11-33(35)55(43(52)59)34-12-13-37(56)50-41(34)58)3-2-16-60-30-21-53(22-30)20-27-6-9-29(10-7-27)54-23-31(38(51-54)39(44)45)48-40(57)32-24-61-42(49-32)28-14-15-46-36(18-28)47-19-26-4-5-26/h8,11,14-15,17-18,23-24,26-27,29-30,34,39H,2-7,9-10,12-13,16,19-22H2,1H3,(H,46,47)(H,48,57)(H,50,56,58)/t27-,29-,34?. The number of alkyl halides is 2. The minimum atomic E-state index is -2.87. The van der Waals surface area contributed by atoms with Crippen LogP contribution in [0.4, 0.5) is 20.3 Å². The molecule has 1 atom stereocenters. The normalized spacial score (nSPS) is 21.2. The Morgan fingerprint density at radius 1 is 1.02 bits per heavy atom. The van der Waals surface area contributed by atoms with Crippen LogP contribution in [0.1, 0.15) is 98.0 Å². The van der Waals surface area contributed by atoms with E-state index in [4.69, 9.17) is 9.15 Å². The molecule has 0 bridgehead atoms. The van der Waals surface area contributed by atoms with Gasteiger partial charge in [-0.1, -0.05) is 6.07 Å². The maximum absolute atomic E-state index is 14.1. The molecular formula is C43H50F2N10O6. The number of aryl methyl sites for hydroxylation is 2. The van der Waals surface area contributed by atoms with Crippen molar-refractivity contribution < 1.29 is 32.3 Å². The van der Waals surface area contributed by atoms with Gasteiger partial charge < -0.3 is 19.8 Å². The number of halogens is 2. The molecule has 16 nitrogen and oxygen atoms in total. The molecule has 322 valence electrons. The SMILES string of the molecule is Cn1c(=O)n(C2CCC(=O)NC2=O)c2ccc(CCCOC3CN(C[C@H]4CC[C@H](n5cc(NC(=O)c6coc(-c7ccnc(NCC8CC8)c7)n6)c(C(F)F)n5)CC4)C3)cc21. The Hall–Kier alpha value is -5.75. The van der Waals surface area contributed by atoms with Crippen molar-refractivity contribution in [3.63, 3.8) is 0 Å². The van der Waals surface area contributed by atoms with Crippen molar-refractivity contribution in [2.75, 3.05) is 43.4 Å². The average molecular weight is 841 g/mol. The maximum atomic E-state index is 14.1. The van der Waals surface area contributed by atoms with Crippen molar-refractivity contribution in [2.24, 2.45) is 18.9 Å². The summed E-state index contributed by atoms with van der Waals surface area (Å²) in [6.07, 6.45) is 9.69. The number of likely N-dealkylation sites (tertiary alicyclic amines) is 1. The van der Waals surface area contributed by atoms with E-state index in [0.717, 1.165) is 75.8 Å². The summed E-state index contributed by atoms with van der Waals surface area (Å²) in [5.74, 6) is 0.653. The number of nitrogens with zero attached hydrogens (tertiary/aromatic N) is 7. The number of oxazole rings is 1. The number of imide groups is 1. The van der Waals surface area contributed by atoms with Gasteiger partial charge in [-0.2, -0.15) is 5.10 Å². The van der Waals surface area contributed by atoms with Gasteiger partial charge in [0.2, 0.25) is 17.7 Å². The Bertz CT molecular complexity index is 2480. The van der Waals surface area contributed by atoms with E-state index < -0.39 is 30.0 Å². The van der Waals surface area contributed by atoms with Crippen molar-refractivity contribution in [3.8, 4) is 11.5 Å². The van der Waals surface area contributed by atoms with Crippen molar-refractivity contribution >= 4 is 40.3 Å². The predicted octanol–water partition coefficient (Wildman–Crippen LogP) is 5.64. The highest BCUT2D eigenvalue weighted by Crippen LogP contribution is 2.36. The number of imidazole rings is 1. The van der Waals surface area contributed by atoms with Gasteiger partial charge >= 0.3 is 5.69 Å². The van der Waals surface area contributed by atoms with Gasteiger partial charge in [0, 0.05) is 64.2 Å². The van der Waals surface area contributed by atoms with Gasteiger partial charge in [-0.15, -0.1) is 0 Å². The molecule has 4 aromatic heterocycles. The molecule has 2 aliphatic heterocycles. The minimum Gasteiger partial charge on any atom is -0.444 e. The predicted molar refractivity (Wildman–Crippen MR) is 220 cm³/mol. The Kier molecular flexibility index (Phi) is 11.5. The Balaban J connectivity index is 0.704. The number of carbonyl (C=O) groups excluding carboxylic acids is 3. The molecule has 0 radical (unpaired) electrons. The molecule has 1 aromatic carbocycles. The second kappa shape index (κ2) is 17.3. The quantitative estimate of drug-likeness (QED) is 0.0826. The number of piperidine rings is 1. The third-order valence-corrected chi connectivity index (χ3v) is 12.5. The van der Waals surface area contributed by atoms with Gasteiger partial charge in [-0.05, 0) is 99.5 Å². The molecule has 1 unspecified atom stereocenters. The van der Waals surface area contributed by atoms with E-state index in [9.17, 15) is 28.0 Å². The number of benzene rings is 1. The fourth-order valence-corrected chi connectivity index (χ4v) is 8.83. The van der Waals surface area contributed by atoms with Gasteiger partial charge in [0.1, 0.15) is 18.1 Å². The molecule has 4 aliphatic rings. The Labute approximate surface area is 350 Å². The molecule has 2 saturated heterocycles. The zero-order valence-corrected chi connectivity index (χ0v) is 34.0. The molecule has 9 rings (SSSR count). The van der Waals surface area contributed by atoms with Crippen LogP contribution in [0.2, 0.25) is 0 Å². The Morgan fingerprint density at radius 2 is 1.82 bits per heavy atom. The molecule has 0 spiro atoms. The summed E-state index contributed by atoms with van der Waals surface area (Å²) in [5, 5.41) is 12.5. The molecule has 3 amide bonds. The molecule has 4 fully saturated rings. The first-order valence-electron chi connectivity index (χ1n) is 21.3. The smallest absolute Gasteiger partial charge is 0.329 e. The molecule has 5 aromatic rings. The lowest BCUT2D eigenvalue weighted by atomic mass is 9.85. The number of amides is 3. The fourth-order valence-electron chi connectivity index (χ4n) is 8.83. The van der Waals surface area contributed by atoms with Crippen molar-refractivity contribution in [3.05, 3.63) is 76.4 Å². The van der Waals surface area contributed by atoms with E-state index >= 15 is 0 Å². The summed E-state index contributed by atoms with van der Waals surface area (Å²) < 4.78 is 44.6. The Morgan fingerprint density at radius 3 is 2.59 bits per heavy atom. The molecular weight excluding hydrogens is 791 g/mol. The lowest BCUT2D eigenvalue weighted by Gasteiger charge is -2.42. The molecule has 2 aliphatic carbocycles. The second-order valence-electron chi connectivity index (χ2n) is 16.9. The van der Waals surface area contributed by atoms with E-state index in [-0.39, 0.29) is 47.4 Å². The number of anilines is 2. The number of ether oxygens (including phenoxy) is 1. The van der Waals surface area contributed by atoms with E-state index in [1.165, 1.54) is 29.9 Å². The highest BCUT2D eigenvalue weighted by Gasteiger charge is 2.34. The zero-order chi connectivity index (χ0) is 42.2. The number of aromatic nitrogens is 6. The summed E-state index contributed by atoms with van der Waals surface area (Å²) in [7, 11) is 1.70. The number of pyridine rings is 1. The van der Waals surface area contributed by atoms with E-state index in [2.05, 4.69) is 35.9 Å². The second-order valence-corrected chi connectivity index (χ2v) is 16.9. The van der Waals surface area contributed by atoms with Crippen LogP contribution in [-0.2, 0) is 27.8 Å². The highest BCUT2D eigenvalue weighted by atomic mass is 19.3. The van der Waals surface area contributed by atoms with Gasteiger partial charge in [-0.25, -0.2) is 23.5 Å². The maximum Gasteiger partial charge on any atom is 0.329 e. The zero-order valence-electron chi connectivity index (χ0n) is 34.0. The number of hydrogen-bond donors (Lipinski definition) is 3. The van der Waals surface area contributed by atoms with Crippen LogP contribution < -0.4 is 21.6 Å². The third kappa shape index (κ3) is 9.00. The first-order valence-corrected chi connectivity index (χ1v) is 21.3. The van der Waals surface area contributed by atoms with Crippen LogP contribution in [0, 0.1) is 11.8 Å². The van der Waals surface area contributed by atoms with Crippen LogP contribution >= 0.6 is 0 Å². The lowest BCUT2D eigenvalue weighted by Crippen LogP contribution is -2.53. The van der Waals surface area contributed by atoms with Crippen LogP contribution in [0.15, 0.2) is 58.2 Å². The van der Waals surface area contributed by atoms with Crippen molar-refractivity contribution in [2.45, 2.75) is 88.8 Å². The molecule has 3 N–H and O–H groups in total. The summed E-state index contributed by atoms with van der Waals surface area (Å²) in [6.45, 7) is 4.17. The number of carbonyl (C=O) groups is 3. The van der Waals surface area contributed by atoms with Crippen molar-refractivity contribution in [1.29, 1.82) is 0 Å². The van der Waals surface area contributed by atoms with Gasteiger partial charge in [0.25, 0.3) is 12.3 Å². The van der Waals surface area contributed by atoms with Gasteiger partial charge in [0.15, 0.2) is 11.4 Å². The number of hydrogen-bond acceptors (Lipinski definition) is 11. The fraction of sp³-hybridized carbons (Fsp3) is 0.512. The first-order chi connectivity index (χ1) is 29.6. The summed E-state index contributed by atoms with van der Waals surface area (Å²) in [6, 6.07) is 8.63. The van der Waals surface area contributed by atoms with Crippen LogP contribution in [0.3, 0.4) is 0 Å². The van der Waals surface area contributed by atoms with E-state index in [0.29, 0.717) is 41.8 Å². The van der Waals surface area contributed by atoms with Gasteiger partial charge in [0.05, 0.1) is 28.9 Å². The van der Waals surface area contributed by atoms with Crippen LogP contribution in [0.5, 0.6) is 0 Å². The number of rotatable bonds is 16. The van der Waals surface area contributed by atoms with E-state index in [1.807, 2.05) is 18.2 Å². The summed E-state index contributed by atoms with van der Waals surface area (Å²) in [5.41, 5.74) is 2.32. The monoisotopic (exact) mass is 840 g/mol. The molecule has 2 saturated carbocycles. The molecule has 6 heterocycles. The molecule has 61 heavy (non-hydrogen) atoms. The van der Waals surface area contributed by atoms with Crippen LogP contribution in [-0.4, -0.2) is 90.4 Å². The van der Waals surface area contributed by atoms with Gasteiger partial charge in [-0.3, -0.25) is 38.4 Å². The summed E-state index contributed by atoms with van der Waals surface area (Å²) >= 11 is 0. The minimum absolute atomic E-state index is 0.0305. The lowest BCUT2D eigenvalue weighted by molar-refractivity contribution is -0.135. The summed E-state index contributed by atoms with van der Waals surface area (Å²) in [4.78, 5) is 61.4. The number of fused-ring (bicyclic) bond motifs is 1.